The van der Waals surface area contributed by atoms with Crippen LogP contribution in [0.2, 0.25) is 0 Å². The molecule has 0 radical (unpaired) electrons. The van der Waals surface area contributed by atoms with E-state index in [2.05, 4.69) is 5.32 Å². The van der Waals surface area contributed by atoms with Gasteiger partial charge in [-0.05, 0) is 54.1 Å². The Morgan fingerprint density at radius 1 is 0.974 bits per heavy atom. The Balaban J connectivity index is 1.59. The SMILES string of the molecule is COc1ccc(NC(=O)[C@@H]2Oc3c(c(=O)oc4ccccc34)[C@H]2c2ccc(OCC(N)=O)c(OC)c2)cc1. The molecule has 0 unspecified atom stereocenters. The fraction of sp³-hybridized carbons (Fsp3) is 0.179. The summed E-state index contributed by atoms with van der Waals surface area (Å²) in [7, 11) is 2.99. The fourth-order valence-electron chi connectivity index (χ4n) is 4.46. The Labute approximate surface area is 216 Å². The lowest BCUT2D eigenvalue weighted by atomic mass is 9.88. The van der Waals surface area contributed by atoms with Crippen LogP contribution >= 0.6 is 0 Å². The molecule has 1 aromatic heterocycles. The van der Waals surface area contributed by atoms with E-state index in [1.807, 2.05) is 0 Å². The molecular weight excluding hydrogens is 492 g/mol. The number of fused-ring (bicyclic) bond motifs is 3. The summed E-state index contributed by atoms with van der Waals surface area (Å²) in [6.07, 6.45) is -1.11. The van der Waals surface area contributed by atoms with Crippen LogP contribution in [0, 0.1) is 0 Å². The molecule has 10 heteroatoms. The first-order valence-corrected chi connectivity index (χ1v) is 11.7. The molecule has 10 nitrogen and oxygen atoms in total. The molecular formula is C28H24N2O8. The van der Waals surface area contributed by atoms with Crippen molar-refractivity contribution in [3.63, 3.8) is 0 Å². The number of amides is 2. The van der Waals surface area contributed by atoms with E-state index in [0.29, 0.717) is 28.0 Å². The highest BCUT2D eigenvalue weighted by Crippen LogP contribution is 2.46. The van der Waals surface area contributed by atoms with E-state index < -0.39 is 29.5 Å². The van der Waals surface area contributed by atoms with Crippen molar-refractivity contribution in [2.24, 2.45) is 5.73 Å². The quantitative estimate of drug-likeness (QED) is 0.341. The zero-order valence-corrected chi connectivity index (χ0v) is 20.6. The number of anilines is 1. The average Bonchev–Trinajstić information content (AvgIpc) is 3.34. The van der Waals surface area contributed by atoms with Gasteiger partial charge >= 0.3 is 5.63 Å². The maximum atomic E-state index is 13.6. The predicted octanol–water partition coefficient (Wildman–Crippen LogP) is 3.21. The van der Waals surface area contributed by atoms with Crippen LogP contribution in [-0.4, -0.2) is 38.7 Å². The van der Waals surface area contributed by atoms with Gasteiger partial charge in [0.15, 0.2) is 24.2 Å². The molecule has 1 aliphatic rings. The lowest BCUT2D eigenvalue weighted by molar-refractivity contribution is -0.122. The van der Waals surface area contributed by atoms with Crippen molar-refractivity contribution < 1.29 is 33.0 Å². The van der Waals surface area contributed by atoms with E-state index in [1.54, 1.807) is 73.8 Å². The average molecular weight is 517 g/mol. The van der Waals surface area contributed by atoms with Crippen molar-refractivity contribution in [2.75, 3.05) is 26.1 Å². The Morgan fingerprint density at radius 3 is 2.45 bits per heavy atom. The highest BCUT2D eigenvalue weighted by molar-refractivity contribution is 5.97. The van der Waals surface area contributed by atoms with Gasteiger partial charge in [-0.25, -0.2) is 4.79 Å². The molecule has 0 saturated carbocycles. The summed E-state index contributed by atoms with van der Waals surface area (Å²) < 4.78 is 27.8. The first-order chi connectivity index (χ1) is 18.4. The summed E-state index contributed by atoms with van der Waals surface area (Å²) in [6.45, 7) is -0.340. The van der Waals surface area contributed by atoms with Crippen LogP contribution in [0.3, 0.4) is 0 Å². The highest BCUT2D eigenvalue weighted by Gasteiger charge is 2.44. The Kier molecular flexibility index (Phi) is 6.61. The van der Waals surface area contributed by atoms with Gasteiger partial charge < -0.3 is 34.4 Å². The summed E-state index contributed by atoms with van der Waals surface area (Å²) in [6, 6.07) is 18.7. The van der Waals surface area contributed by atoms with Gasteiger partial charge in [0.25, 0.3) is 11.8 Å². The van der Waals surface area contributed by atoms with Crippen molar-refractivity contribution in [2.45, 2.75) is 12.0 Å². The lowest BCUT2D eigenvalue weighted by Crippen LogP contribution is -2.35. The predicted molar refractivity (Wildman–Crippen MR) is 138 cm³/mol. The van der Waals surface area contributed by atoms with Gasteiger partial charge in [-0.3, -0.25) is 9.59 Å². The van der Waals surface area contributed by atoms with Gasteiger partial charge in [0.05, 0.1) is 31.1 Å². The van der Waals surface area contributed by atoms with Crippen LogP contribution in [0.4, 0.5) is 5.69 Å². The zero-order chi connectivity index (χ0) is 26.8. The molecule has 4 aromatic rings. The standard InChI is InChI=1S/C28H24N2O8/c1-34-17-10-8-16(9-11-17)30-27(32)26-23(15-7-12-20(21(13-15)35-2)36-14-22(29)31)24-25(38-26)18-5-3-4-6-19(18)37-28(24)33/h3-13,23,26H,14H2,1-2H3,(H2,29,31)(H,30,32)/t23-,26-/m1/s1. The molecule has 0 fully saturated rings. The van der Waals surface area contributed by atoms with Crippen LogP contribution in [0.15, 0.2) is 75.9 Å². The number of ether oxygens (including phenoxy) is 4. The van der Waals surface area contributed by atoms with Crippen LogP contribution in [0.1, 0.15) is 17.0 Å². The smallest absolute Gasteiger partial charge is 0.344 e. The molecule has 0 spiro atoms. The number of para-hydroxylation sites is 1. The van der Waals surface area contributed by atoms with E-state index in [-0.39, 0.29) is 29.4 Å². The van der Waals surface area contributed by atoms with E-state index in [1.165, 1.54) is 7.11 Å². The van der Waals surface area contributed by atoms with Crippen LogP contribution < -0.4 is 35.6 Å². The largest absolute Gasteiger partial charge is 0.497 e. The summed E-state index contributed by atoms with van der Waals surface area (Å²) in [5, 5.41) is 3.42. The monoisotopic (exact) mass is 516 g/mol. The van der Waals surface area contributed by atoms with Crippen molar-refractivity contribution in [3.05, 3.63) is 88.3 Å². The summed E-state index contributed by atoms with van der Waals surface area (Å²) in [5.74, 6) is -0.453. The van der Waals surface area contributed by atoms with Crippen LogP contribution in [-0.2, 0) is 9.59 Å². The molecule has 3 aromatic carbocycles. The van der Waals surface area contributed by atoms with Crippen LogP contribution in [0.5, 0.6) is 23.0 Å². The molecule has 2 amide bonds. The first kappa shape index (κ1) is 24.7. The fourth-order valence-corrected chi connectivity index (χ4v) is 4.46. The summed E-state index contributed by atoms with van der Waals surface area (Å²) in [5.41, 5.74) is 6.21. The van der Waals surface area contributed by atoms with E-state index in [9.17, 15) is 14.4 Å². The summed E-state index contributed by atoms with van der Waals surface area (Å²) >= 11 is 0. The zero-order valence-electron chi connectivity index (χ0n) is 20.6. The first-order valence-electron chi connectivity index (χ1n) is 11.7. The second-order valence-electron chi connectivity index (χ2n) is 8.53. The molecule has 2 heterocycles. The number of nitrogens with two attached hydrogens (primary N) is 1. The maximum absolute atomic E-state index is 13.6. The van der Waals surface area contributed by atoms with Crippen LogP contribution in [0.25, 0.3) is 11.0 Å². The number of primary amides is 1. The molecule has 0 saturated heterocycles. The van der Waals surface area contributed by atoms with E-state index in [4.69, 9.17) is 29.1 Å². The Bertz CT molecular complexity index is 1580. The third-order valence-electron chi connectivity index (χ3n) is 6.19. The lowest BCUT2D eigenvalue weighted by Gasteiger charge is -2.20. The molecule has 38 heavy (non-hydrogen) atoms. The van der Waals surface area contributed by atoms with E-state index in [0.717, 1.165) is 0 Å². The Hall–Kier alpha value is -4.99. The van der Waals surface area contributed by atoms with Gasteiger partial charge in [-0.1, -0.05) is 18.2 Å². The molecule has 2 atom stereocenters. The molecule has 5 rings (SSSR count). The van der Waals surface area contributed by atoms with Crippen molar-refractivity contribution in [1.82, 2.24) is 0 Å². The van der Waals surface area contributed by atoms with Crippen molar-refractivity contribution >= 4 is 28.5 Å². The third kappa shape index (κ3) is 4.59. The molecule has 0 bridgehead atoms. The number of benzene rings is 3. The van der Waals surface area contributed by atoms with Gasteiger partial charge in [0, 0.05) is 5.69 Å². The normalized spacial score (nSPS) is 15.8. The van der Waals surface area contributed by atoms with Gasteiger partial charge in [-0.2, -0.15) is 0 Å². The number of nitrogens with one attached hydrogen (secondary N) is 1. The molecule has 1 aliphatic heterocycles. The molecule has 0 aliphatic carbocycles. The highest BCUT2D eigenvalue weighted by atomic mass is 16.5. The Morgan fingerprint density at radius 2 is 1.74 bits per heavy atom. The van der Waals surface area contributed by atoms with Crippen molar-refractivity contribution in [3.8, 4) is 23.0 Å². The second-order valence-corrected chi connectivity index (χ2v) is 8.53. The topological polar surface area (TPSA) is 139 Å². The minimum Gasteiger partial charge on any atom is -0.497 e. The number of methoxy groups -OCH3 is 2. The molecule has 3 N–H and O–H groups in total. The van der Waals surface area contributed by atoms with Gasteiger partial charge in [-0.15, -0.1) is 0 Å². The van der Waals surface area contributed by atoms with Crippen molar-refractivity contribution in [1.29, 1.82) is 0 Å². The number of carbonyl (C=O) groups is 2. The number of rotatable bonds is 8. The van der Waals surface area contributed by atoms with E-state index >= 15 is 0 Å². The maximum Gasteiger partial charge on any atom is 0.344 e. The number of hydrogen-bond donors (Lipinski definition) is 2. The minimum absolute atomic E-state index is 0.214. The van der Waals surface area contributed by atoms with Gasteiger partial charge in [0.1, 0.15) is 17.1 Å². The molecule has 194 valence electrons. The second kappa shape index (κ2) is 10.2. The number of carbonyl (C=O) groups excluding carboxylic acids is 2. The van der Waals surface area contributed by atoms with Gasteiger partial charge in [0.2, 0.25) is 0 Å². The number of hydrogen-bond acceptors (Lipinski definition) is 8. The summed E-state index contributed by atoms with van der Waals surface area (Å²) in [4.78, 5) is 37.9. The minimum atomic E-state index is -1.11. The third-order valence-corrected chi connectivity index (χ3v) is 6.19.